The van der Waals surface area contributed by atoms with Crippen molar-refractivity contribution in [1.29, 1.82) is 0 Å². The van der Waals surface area contributed by atoms with Crippen LogP contribution in [0.4, 0.5) is 0 Å². The molecule has 2 aliphatic rings. The number of ether oxygens (including phenoxy) is 1. The Balaban J connectivity index is 1.78. The third kappa shape index (κ3) is 2.52. The number of nitrogens with zero attached hydrogens (tertiary/aromatic N) is 1. The van der Waals surface area contributed by atoms with E-state index in [4.69, 9.17) is 4.74 Å². The van der Waals surface area contributed by atoms with Gasteiger partial charge in [0.2, 0.25) is 0 Å². The van der Waals surface area contributed by atoms with E-state index in [0.29, 0.717) is 6.10 Å². The van der Waals surface area contributed by atoms with E-state index in [9.17, 15) is 0 Å². The predicted octanol–water partition coefficient (Wildman–Crippen LogP) is 1.24. The Kier molecular flexibility index (Phi) is 4.00. The Hall–Kier alpha value is -0.120. The van der Waals surface area contributed by atoms with Crippen LogP contribution in [0.1, 0.15) is 33.1 Å². The van der Waals surface area contributed by atoms with Crippen LogP contribution in [0.2, 0.25) is 0 Å². The third-order valence-electron chi connectivity index (χ3n) is 3.81. The van der Waals surface area contributed by atoms with E-state index in [2.05, 4.69) is 24.1 Å². The largest absolute Gasteiger partial charge is 0.378 e. The molecule has 1 aliphatic carbocycles. The van der Waals surface area contributed by atoms with Gasteiger partial charge in [-0.2, -0.15) is 0 Å². The summed E-state index contributed by atoms with van der Waals surface area (Å²) in [4.78, 5) is 2.70. The Labute approximate surface area is 93.2 Å². The molecule has 1 aliphatic heterocycles. The van der Waals surface area contributed by atoms with Gasteiger partial charge in [0.05, 0.1) is 6.10 Å². The van der Waals surface area contributed by atoms with Crippen molar-refractivity contribution < 1.29 is 4.74 Å². The molecule has 0 aromatic carbocycles. The summed E-state index contributed by atoms with van der Waals surface area (Å²) in [6, 6.07) is 1.56. The Morgan fingerprint density at radius 1 is 1.33 bits per heavy atom. The Bertz CT molecular complexity index is 192. The summed E-state index contributed by atoms with van der Waals surface area (Å²) in [5.41, 5.74) is 0. The van der Waals surface area contributed by atoms with Crippen molar-refractivity contribution in [3.05, 3.63) is 0 Å². The predicted molar refractivity (Wildman–Crippen MR) is 62.1 cm³/mol. The number of piperazine rings is 1. The molecule has 1 N–H and O–H groups in total. The van der Waals surface area contributed by atoms with E-state index >= 15 is 0 Å². The molecule has 3 nitrogen and oxygen atoms in total. The monoisotopic (exact) mass is 212 g/mol. The van der Waals surface area contributed by atoms with Gasteiger partial charge in [0.1, 0.15) is 0 Å². The number of hydrogen-bond donors (Lipinski definition) is 1. The second-order valence-electron chi connectivity index (χ2n) is 4.71. The molecule has 1 saturated heterocycles. The van der Waals surface area contributed by atoms with Crippen molar-refractivity contribution in [2.24, 2.45) is 0 Å². The summed E-state index contributed by atoms with van der Waals surface area (Å²) >= 11 is 0. The van der Waals surface area contributed by atoms with Gasteiger partial charge < -0.3 is 10.1 Å². The van der Waals surface area contributed by atoms with Crippen molar-refractivity contribution >= 4 is 0 Å². The smallest absolute Gasteiger partial charge is 0.0604 e. The SMILES string of the molecule is CCOC1CC(N2CCNCC2CC)C1. The Morgan fingerprint density at radius 3 is 2.80 bits per heavy atom. The van der Waals surface area contributed by atoms with Crippen molar-refractivity contribution in [1.82, 2.24) is 10.2 Å². The van der Waals surface area contributed by atoms with E-state index in [-0.39, 0.29) is 0 Å². The molecule has 1 unspecified atom stereocenters. The van der Waals surface area contributed by atoms with E-state index in [0.717, 1.165) is 25.2 Å². The minimum absolute atomic E-state index is 0.549. The lowest BCUT2D eigenvalue weighted by Gasteiger charge is -2.48. The van der Waals surface area contributed by atoms with Crippen molar-refractivity contribution in [3.63, 3.8) is 0 Å². The molecule has 0 aromatic rings. The highest BCUT2D eigenvalue weighted by Gasteiger charge is 2.37. The van der Waals surface area contributed by atoms with Crippen LogP contribution in [0.25, 0.3) is 0 Å². The summed E-state index contributed by atoms with van der Waals surface area (Å²) in [7, 11) is 0. The molecule has 0 aromatic heterocycles. The van der Waals surface area contributed by atoms with Gasteiger partial charge in [0.25, 0.3) is 0 Å². The van der Waals surface area contributed by atoms with Crippen LogP contribution in [0.3, 0.4) is 0 Å². The topological polar surface area (TPSA) is 24.5 Å². The molecular formula is C12H24N2O. The van der Waals surface area contributed by atoms with E-state index < -0.39 is 0 Å². The van der Waals surface area contributed by atoms with Crippen molar-refractivity contribution in [2.45, 2.75) is 51.3 Å². The summed E-state index contributed by atoms with van der Waals surface area (Å²) in [5, 5.41) is 3.48. The second kappa shape index (κ2) is 5.28. The van der Waals surface area contributed by atoms with Crippen molar-refractivity contribution in [2.75, 3.05) is 26.2 Å². The lowest BCUT2D eigenvalue weighted by molar-refractivity contribution is -0.0621. The van der Waals surface area contributed by atoms with Gasteiger partial charge in [-0.3, -0.25) is 4.90 Å². The zero-order chi connectivity index (χ0) is 10.7. The molecule has 0 radical (unpaired) electrons. The molecule has 2 rings (SSSR count). The van der Waals surface area contributed by atoms with Crippen LogP contribution in [0.15, 0.2) is 0 Å². The highest BCUT2D eigenvalue weighted by atomic mass is 16.5. The number of nitrogens with one attached hydrogen (secondary N) is 1. The summed E-state index contributed by atoms with van der Waals surface area (Å²) in [5.74, 6) is 0. The van der Waals surface area contributed by atoms with E-state index in [1.165, 1.54) is 32.4 Å². The van der Waals surface area contributed by atoms with Crippen LogP contribution in [-0.4, -0.2) is 49.3 Å². The zero-order valence-electron chi connectivity index (χ0n) is 10.0. The van der Waals surface area contributed by atoms with Crippen LogP contribution in [-0.2, 0) is 4.74 Å². The Morgan fingerprint density at radius 2 is 2.13 bits per heavy atom. The van der Waals surface area contributed by atoms with Crippen LogP contribution in [0.5, 0.6) is 0 Å². The minimum Gasteiger partial charge on any atom is -0.378 e. The van der Waals surface area contributed by atoms with Crippen LogP contribution >= 0.6 is 0 Å². The lowest BCUT2D eigenvalue weighted by atomic mass is 9.86. The first kappa shape index (κ1) is 11.4. The quantitative estimate of drug-likeness (QED) is 0.759. The van der Waals surface area contributed by atoms with Gasteiger partial charge in [-0.05, 0) is 26.2 Å². The van der Waals surface area contributed by atoms with Crippen LogP contribution < -0.4 is 5.32 Å². The zero-order valence-corrected chi connectivity index (χ0v) is 10.0. The molecule has 3 heteroatoms. The first-order valence-electron chi connectivity index (χ1n) is 6.43. The molecule has 88 valence electrons. The maximum absolute atomic E-state index is 5.63. The fourth-order valence-corrected chi connectivity index (χ4v) is 2.82. The van der Waals surface area contributed by atoms with E-state index in [1.807, 2.05) is 0 Å². The highest BCUT2D eigenvalue weighted by Crippen LogP contribution is 2.30. The number of rotatable bonds is 4. The molecule has 0 spiro atoms. The molecule has 1 heterocycles. The molecule has 2 fully saturated rings. The molecule has 15 heavy (non-hydrogen) atoms. The van der Waals surface area contributed by atoms with Crippen molar-refractivity contribution in [3.8, 4) is 0 Å². The average molecular weight is 212 g/mol. The highest BCUT2D eigenvalue weighted by molar-refractivity contribution is 4.93. The summed E-state index contributed by atoms with van der Waals surface area (Å²) < 4.78 is 5.63. The average Bonchev–Trinajstić information content (AvgIpc) is 2.23. The molecule has 0 amide bonds. The maximum Gasteiger partial charge on any atom is 0.0604 e. The second-order valence-corrected chi connectivity index (χ2v) is 4.71. The first-order valence-corrected chi connectivity index (χ1v) is 6.43. The standard InChI is InChI=1S/C12H24N2O/c1-3-10-9-13-5-6-14(10)11-7-12(8-11)15-4-2/h10-13H,3-9H2,1-2H3. The first-order chi connectivity index (χ1) is 7.35. The summed E-state index contributed by atoms with van der Waals surface area (Å²) in [6.45, 7) is 8.81. The fourth-order valence-electron chi connectivity index (χ4n) is 2.82. The fraction of sp³-hybridized carbons (Fsp3) is 1.00. The molecule has 1 saturated carbocycles. The van der Waals surface area contributed by atoms with E-state index in [1.54, 1.807) is 0 Å². The maximum atomic E-state index is 5.63. The van der Waals surface area contributed by atoms with Crippen LogP contribution in [0, 0.1) is 0 Å². The molecular weight excluding hydrogens is 188 g/mol. The van der Waals surface area contributed by atoms with Gasteiger partial charge in [-0.25, -0.2) is 0 Å². The van der Waals surface area contributed by atoms with Gasteiger partial charge >= 0.3 is 0 Å². The third-order valence-corrected chi connectivity index (χ3v) is 3.81. The number of hydrogen-bond acceptors (Lipinski definition) is 3. The molecule has 1 atom stereocenters. The molecule has 0 bridgehead atoms. The summed E-state index contributed by atoms with van der Waals surface area (Å²) in [6.07, 6.45) is 4.32. The van der Waals surface area contributed by atoms with Gasteiger partial charge in [0, 0.05) is 38.3 Å². The minimum atomic E-state index is 0.549. The lowest BCUT2D eigenvalue weighted by Crippen LogP contribution is -2.59. The van der Waals surface area contributed by atoms with Gasteiger partial charge in [-0.1, -0.05) is 6.92 Å². The normalized spacial score (nSPS) is 37.6. The van der Waals surface area contributed by atoms with Gasteiger partial charge in [0.15, 0.2) is 0 Å². The van der Waals surface area contributed by atoms with Gasteiger partial charge in [-0.15, -0.1) is 0 Å².